The van der Waals surface area contributed by atoms with Crippen LogP contribution in [0.15, 0.2) is 12.5 Å². The molecule has 1 heterocycles. The number of carbonyl (C=O) groups is 1. The first kappa shape index (κ1) is 11.7. The molecule has 0 saturated heterocycles. The summed E-state index contributed by atoms with van der Waals surface area (Å²) in [5, 5.41) is 2.76. The highest BCUT2D eigenvalue weighted by atomic mass is 16.2. The lowest BCUT2D eigenvalue weighted by Crippen LogP contribution is -2.41. The first-order valence-corrected chi connectivity index (χ1v) is 5.10. The van der Waals surface area contributed by atoms with Crippen molar-refractivity contribution in [2.75, 3.05) is 0 Å². The Hall–Kier alpha value is -1.36. The molecule has 0 spiro atoms. The van der Waals surface area contributed by atoms with Crippen molar-refractivity contribution in [2.45, 2.75) is 32.9 Å². The molecule has 1 rings (SSSR count). The number of hydrogen-bond acceptors (Lipinski definition) is 3. The van der Waals surface area contributed by atoms with Crippen molar-refractivity contribution in [3.05, 3.63) is 18.2 Å². The van der Waals surface area contributed by atoms with E-state index in [1.807, 2.05) is 13.8 Å². The summed E-state index contributed by atoms with van der Waals surface area (Å²) in [5.74, 6) is 0.316. The van der Waals surface area contributed by atoms with E-state index in [0.717, 1.165) is 5.69 Å². The van der Waals surface area contributed by atoms with Crippen LogP contribution in [0.4, 0.5) is 0 Å². The summed E-state index contributed by atoms with van der Waals surface area (Å²) in [5.41, 5.74) is 6.59. The van der Waals surface area contributed by atoms with Crippen LogP contribution in [0.1, 0.15) is 26.0 Å². The molecule has 0 saturated carbocycles. The second-order valence-electron chi connectivity index (χ2n) is 4.03. The number of nitrogens with zero attached hydrogens (tertiary/aromatic N) is 1. The number of hydrogen-bond donors (Lipinski definition) is 3. The predicted molar refractivity (Wildman–Crippen MR) is 57.9 cm³/mol. The maximum atomic E-state index is 11.5. The summed E-state index contributed by atoms with van der Waals surface area (Å²) in [6, 6.07) is -0.423. The largest absolute Gasteiger partial charge is 0.349 e. The molecule has 0 aliphatic carbocycles. The Morgan fingerprint density at radius 1 is 1.67 bits per heavy atom. The van der Waals surface area contributed by atoms with Crippen molar-refractivity contribution in [3.8, 4) is 0 Å². The van der Waals surface area contributed by atoms with Gasteiger partial charge in [-0.2, -0.15) is 0 Å². The highest BCUT2D eigenvalue weighted by Gasteiger charge is 2.14. The van der Waals surface area contributed by atoms with Gasteiger partial charge in [-0.05, 0) is 12.3 Å². The number of rotatable bonds is 5. The summed E-state index contributed by atoms with van der Waals surface area (Å²) in [6.45, 7) is 4.54. The van der Waals surface area contributed by atoms with Gasteiger partial charge < -0.3 is 16.0 Å². The zero-order chi connectivity index (χ0) is 11.3. The summed E-state index contributed by atoms with van der Waals surface area (Å²) >= 11 is 0. The number of imidazole rings is 1. The van der Waals surface area contributed by atoms with Crippen molar-refractivity contribution in [1.29, 1.82) is 0 Å². The highest BCUT2D eigenvalue weighted by molar-refractivity contribution is 5.81. The van der Waals surface area contributed by atoms with E-state index in [1.165, 1.54) is 0 Å². The molecule has 0 aromatic carbocycles. The Balaban J connectivity index is 2.29. The Bertz CT molecular complexity index is 294. The number of carbonyl (C=O) groups excluding carboxylic acids is 1. The van der Waals surface area contributed by atoms with Crippen LogP contribution >= 0.6 is 0 Å². The van der Waals surface area contributed by atoms with Crippen LogP contribution in [0.25, 0.3) is 0 Å². The van der Waals surface area contributed by atoms with Gasteiger partial charge in [-0.3, -0.25) is 4.79 Å². The van der Waals surface area contributed by atoms with Crippen molar-refractivity contribution in [2.24, 2.45) is 11.7 Å². The fraction of sp³-hybridized carbons (Fsp3) is 0.600. The molecular formula is C10H18N4O. The standard InChI is InChI=1S/C10H18N4O/c1-7(2)3-9(11)10(15)13-5-8-4-12-6-14-8/h4,6-7,9H,3,5,11H2,1-2H3,(H,12,14)(H,13,15)/t9-/m0/s1. The van der Waals surface area contributed by atoms with E-state index >= 15 is 0 Å². The average Bonchev–Trinajstić information content (AvgIpc) is 2.65. The number of nitrogens with two attached hydrogens (primary N) is 1. The van der Waals surface area contributed by atoms with Gasteiger partial charge in [-0.25, -0.2) is 4.98 Å². The van der Waals surface area contributed by atoms with Gasteiger partial charge in [0.15, 0.2) is 0 Å². The van der Waals surface area contributed by atoms with Crippen molar-refractivity contribution in [3.63, 3.8) is 0 Å². The van der Waals surface area contributed by atoms with Crippen LogP contribution < -0.4 is 11.1 Å². The Labute approximate surface area is 89.5 Å². The number of aromatic nitrogens is 2. The molecule has 15 heavy (non-hydrogen) atoms. The number of H-pyrrole nitrogens is 1. The molecule has 1 amide bonds. The van der Waals surface area contributed by atoms with Crippen molar-refractivity contribution in [1.82, 2.24) is 15.3 Å². The van der Waals surface area contributed by atoms with Gasteiger partial charge in [0.1, 0.15) is 0 Å². The quantitative estimate of drug-likeness (QED) is 0.657. The summed E-state index contributed by atoms with van der Waals surface area (Å²) in [4.78, 5) is 18.3. The van der Waals surface area contributed by atoms with Gasteiger partial charge in [0.25, 0.3) is 0 Å². The first-order valence-electron chi connectivity index (χ1n) is 5.10. The van der Waals surface area contributed by atoms with Gasteiger partial charge in [0.05, 0.1) is 24.6 Å². The third kappa shape index (κ3) is 4.12. The maximum absolute atomic E-state index is 11.5. The van der Waals surface area contributed by atoms with Gasteiger partial charge in [0.2, 0.25) is 5.91 Å². The summed E-state index contributed by atoms with van der Waals surface area (Å²) < 4.78 is 0. The first-order chi connectivity index (χ1) is 7.09. The molecular weight excluding hydrogens is 192 g/mol. The smallest absolute Gasteiger partial charge is 0.237 e. The molecule has 84 valence electrons. The van der Waals surface area contributed by atoms with Crippen LogP contribution in [0.3, 0.4) is 0 Å². The SMILES string of the molecule is CC(C)C[C@H](N)C(=O)NCc1cnc[nH]1. The van der Waals surface area contributed by atoms with Gasteiger partial charge in [-0.15, -0.1) is 0 Å². The fourth-order valence-corrected chi connectivity index (χ4v) is 1.31. The zero-order valence-corrected chi connectivity index (χ0v) is 9.16. The van der Waals surface area contributed by atoms with E-state index in [4.69, 9.17) is 5.73 Å². The minimum Gasteiger partial charge on any atom is -0.349 e. The molecule has 5 heteroatoms. The van der Waals surface area contributed by atoms with E-state index in [1.54, 1.807) is 12.5 Å². The highest BCUT2D eigenvalue weighted by Crippen LogP contribution is 2.02. The van der Waals surface area contributed by atoms with Gasteiger partial charge >= 0.3 is 0 Å². The Morgan fingerprint density at radius 2 is 2.40 bits per heavy atom. The topological polar surface area (TPSA) is 83.8 Å². The predicted octanol–water partition coefficient (Wildman–Crippen LogP) is 0.399. The second kappa shape index (κ2) is 5.50. The molecule has 1 aromatic rings. The second-order valence-corrected chi connectivity index (χ2v) is 4.03. The molecule has 0 bridgehead atoms. The molecule has 0 unspecified atom stereocenters. The van der Waals surface area contributed by atoms with Crippen molar-refractivity contribution >= 4 is 5.91 Å². The minimum absolute atomic E-state index is 0.113. The lowest BCUT2D eigenvalue weighted by molar-refractivity contribution is -0.122. The molecule has 0 fully saturated rings. The molecule has 1 aromatic heterocycles. The number of amides is 1. The van der Waals surface area contributed by atoms with E-state index in [2.05, 4.69) is 15.3 Å². The van der Waals surface area contributed by atoms with E-state index in [9.17, 15) is 4.79 Å². The number of nitrogens with one attached hydrogen (secondary N) is 2. The van der Waals surface area contributed by atoms with Crippen LogP contribution in [0.5, 0.6) is 0 Å². The molecule has 4 N–H and O–H groups in total. The summed E-state index contributed by atoms with van der Waals surface area (Å²) in [7, 11) is 0. The van der Waals surface area contributed by atoms with Crippen molar-refractivity contribution < 1.29 is 4.79 Å². The monoisotopic (exact) mass is 210 g/mol. The minimum atomic E-state index is -0.423. The molecule has 1 atom stereocenters. The van der Waals surface area contributed by atoms with E-state index < -0.39 is 6.04 Å². The Morgan fingerprint density at radius 3 is 2.93 bits per heavy atom. The zero-order valence-electron chi connectivity index (χ0n) is 9.16. The average molecular weight is 210 g/mol. The maximum Gasteiger partial charge on any atom is 0.237 e. The molecule has 0 radical (unpaired) electrons. The van der Waals surface area contributed by atoms with E-state index in [-0.39, 0.29) is 5.91 Å². The fourth-order valence-electron chi connectivity index (χ4n) is 1.31. The lowest BCUT2D eigenvalue weighted by atomic mass is 10.0. The van der Waals surface area contributed by atoms with Crippen LogP contribution in [-0.4, -0.2) is 21.9 Å². The third-order valence-corrected chi connectivity index (χ3v) is 2.07. The molecule has 0 aliphatic rings. The van der Waals surface area contributed by atoms with Crippen LogP contribution in [0, 0.1) is 5.92 Å². The Kier molecular flexibility index (Phi) is 4.30. The molecule has 0 aliphatic heterocycles. The normalized spacial score (nSPS) is 12.8. The van der Waals surface area contributed by atoms with Crippen LogP contribution in [0.2, 0.25) is 0 Å². The van der Waals surface area contributed by atoms with Crippen LogP contribution in [-0.2, 0) is 11.3 Å². The third-order valence-electron chi connectivity index (χ3n) is 2.07. The molecule has 5 nitrogen and oxygen atoms in total. The summed E-state index contributed by atoms with van der Waals surface area (Å²) in [6.07, 6.45) is 3.96. The van der Waals surface area contributed by atoms with E-state index in [0.29, 0.717) is 18.9 Å². The van der Waals surface area contributed by atoms with Gasteiger partial charge in [0, 0.05) is 6.20 Å². The lowest BCUT2D eigenvalue weighted by Gasteiger charge is -2.13. The van der Waals surface area contributed by atoms with Gasteiger partial charge in [-0.1, -0.05) is 13.8 Å². The number of aromatic amines is 1.